The van der Waals surface area contributed by atoms with Gasteiger partial charge in [0.05, 0.1) is 24.8 Å². The predicted molar refractivity (Wildman–Crippen MR) is 165 cm³/mol. The highest BCUT2D eigenvalue weighted by molar-refractivity contribution is 6.30. The third-order valence-corrected chi connectivity index (χ3v) is 10.5. The van der Waals surface area contributed by atoms with Crippen LogP contribution in [0.3, 0.4) is 0 Å². The highest BCUT2D eigenvalue weighted by Gasteiger charge is 2.46. The molecule has 9 heteroatoms. The van der Waals surface area contributed by atoms with Crippen LogP contribution in [-0.4, -0.2) is 71.5 Å². The van der Waals surface area contributed by atoms with Gasteiger partial charge in [0.1, 0.15) is 5.75 Å². The molecule has 43 heavy (non-hydrogen) atoms. The number of halogens is 1. The second-order valence-corrected chi connectivity index (χ2v) is 13.7. The Labute approximate surface area is 257 Å². The number of anilines is 1. The van der Waals surface area contributed by atoms with Crippen molar-refractivity contribution in [2.45, 2.75) is 62.6 Å². The maximum Gasteiger partial charge on any atom is 0.340 e. The Kier molecular flexibility index (Phi) is 7.98. The van der Waals surface area contributed by atoms with E-state index >= 15 is 0 Å². The van der Waals surface area contributed by atoms with Crippen LogP contribution in [0.2, 0.25) is 5.02 Å². The van der Waals surface area contributed by atoms with Crippen molar-refractivity contribution in [2.24, 2.45) is 17.8 Å². The molecule has 2 aromatic rings. The van der Waals surface area contributed by atoms with Crippen molar-refractivity contribution in [3.63, 3.8) is 0 Å². The second kappa shape index (κ2) is 11.5. The van der Waals surface area contributed by atoms with Gasteiger partial charge in [-0.2, -0.15) is 0 Å². The number of carboxylic acid groups (broad SMARTS) is 1. The number of carboxylic acids is 1. The van der Waals surface area contributed by atoms with Gasteiger partial charge in [0.2, 0.25) is 5.91 Å². The van der Waals surface area contributed by atoms with E-state index in [2.05, 4.69) is 17.0 Å². The summed E-state index contributed by atoms with van der Waals surface area (Å²) in [7, 11) is 1.61. The van der Waals surface area contributed by atoms with Crippen molar-refractivity contribution in [2.75, 3.05) is 38.2 Å². The number of carbonyl (C=O) groups excluding carboxylic acids is 1. The molecule has 0 aromatic heterocycles. The Morgan fingerprint density at radius 2 is 1.93 bits per heavy atom. The van der Waals surface area contributed by atoms with Gasteiger partial charge in [0, 0.05) is 37.1 Å². The van der Waals surface area contributed by atoms with Crippen LogP contribution in [-0.2, 0) is 27.0 Å². The number of carbonyl (C=O) groups is 2. The number of aryl methyl sites for hydroxylation is 1. The van der Waals surface area contributed by atoms with E-state index in [1.165, 1.54) is 16.0 Å². The lowest BCUT2D eigenvalue weighted by Crippen LogP contribution is -2.49. The first-order valence-corrected chi connectivity index (χ1v) is 15.7. The molecule has 0 saturated heterocycles. The van der Waals surface area contributed by atoms with Gasteiger partial charge in [-0.25, -0.2) is 4.79 Å². The Morgan fingerprint density at radius 1 is 1.12 bits per heavy atom. The van der Waals surface area contributed by atoms with Gasteiger partial charge in [0.25, 0.3) is 0 Å². The molecule has 3 N–H and O–H groups in total. The summed E-state index contributed by atoms with van der Waals surface area (Å²) >= 11 is 6.39. The maximum absolute atomic E-state index is 13.2. The minimum Gasteiger partial charge on any atom is -0.490 e. The van der Waals surface area contributed by atoms with Crippen LogP contribution in [0.25, 0.3) is 0 Å². The average Bonchev–Trinajstić information content (AvgIpc) is 3.10. The second-order valence-electron chi connectivity index (χ2n) is 13.3. The molecule has 8 nitrogen and oxygen atoms in total. The van der Waals surface area contributed by atoms with E-state index in [0.29, 0.717) is 42.7 Å². The number of fused-ring (bicyclic) bond motifs is 4. The first kappa shape index (κ1) is 30.0. The Bertz CT molecular complexity index is 1450. The maximum atomic E-state index is 13.2. The van der Waals surface area contributed by atoms with E-state index in [9.17, 15) is 24.9 Å². The largest absolute Gasteiger partial charge is 0.490 e. The predicted octanol–water partition coefficient (Wildman–Crippen LogP) is 4.53. The monoisotopic (exact) mass is 608 g/mol. The average molecular weight is 609 g/mol. The van der Waals surface area contributed by atoms with E-state index in [1.54, 1.807) is 25.2 Å². The Hall–Kier alpha value is -3.07. The summed E-state index contributed by atoms with van der Waals surface area (Å²) in [5.41, 5.74) is 0.574. The van der Waals surface area contributed by atoms with Gasteiger partial charge in [-0.3, -0.25) is 4.79 Å². The van der Waals surface area contributed by atoms with Crippen molar-refractivity contribution in [1.82, 2.24) is 4.90 Å². The third-order valence-electron chi connectivity index (χ3n) is 10.3. The van der Waals surface area contributed by atoms with Crippen LogP contribution in [0.1, 0.15) is 55.7 Å². The minimum absolute atomic E-state index is 0.0543. The van der Waals surface area contributed by atoms with Crippen LogP contribution in [0.5, 0.6) is 5.75 Å². The van der Waals surface area contributed by atoms with E-state index in [-0.39, 0.29) is 28.7 Å². The molecule has 1 fully saturated rings. The standard InChI is InChI=1S/C34H41ClN2O6/c1-21-5-11-29(38)26-9-6-23(26)18-37-19-33(13-3-4-22-14-25(35)8-10-27(22)33)20-43-30-12-7-24(15-28(30)37)34(42,32(40)41)16-31(39)36(2)17-21/h5,7-8,10-12,14-15,21,23,26,29,38,42H,3-4,6,9,13,16-20H2,1-2H3,(H,40,41)/b11-5+/t21-,23+,26-,29+,33+,34+/m1/s1. The van der Waals surface area contributed by atoms with E-state index in [4.69, 9.17) is 16.3 Å². The van der Waals surface area contributed by atoms with Gasteiger partial charge in [-0.1, -0.05) is 42.8 Å². The number of hydrogen-bond donors (Lipinski definition) is 3. The summed E-state index contributed by atoms with van der Waals surface area (Å²) in [6, 6.07) is 11.1. The number of aliphatic hydroxyl groups excluding tert-OH is 1. The summed E-state index contributed by atoms with van der Waals surface area (Å²) < 4.78 is 6.53. The number of aliphatic hydroxyl groups is 2. The Morgan fingerprint density at radius 3 is 2.67 bits per heavy atom. The number of benzene rings is 2. The molecule has 230 valence electrons. The van der Waals surface area contributed by atoms with Crippen molar-refractivity contribution in [3.05, 3.63) is 70.3 Å². The van der Waals surface area contributed by atoms with Crippen molar-refractivity contribution in [3.8, 4) is 5.75 Å². The van der Waals surface area contributed by atoms with Crippen LogP contribution >= 0.6 is 11.6 Å². The number of hydrogen-bond acceptors (Lipinski definition) is 6. The first-order valence-electron chi connectivity index (χ1n) is 15.4. The molecule has 0 unspecified atom stereocenters. The molecule has 2 aromatic carbocycles. The summed E-state index contributed by atoms with van der Waals surface area (Å²) in [4.78, 5) is 29.5. The molecular weight excluding hydrogens is 568 g/mol. The first-order chi connectivity index (χ1) is 20.5. The highest BCUT2D eigenvalue weighted by atomic mass is 35.5. The quantitative estimate of drug-likeness (QED) is 0.408. The fraction of sp³-hybridized carbons (Fsp3) is 0.529. The van der Waals surface area contributed by atoms with Crippen LogP contribution < -0.4 is 9.64 Å². The van der Waals surface area contributed by atoms with Crippen molar-refractivity contribution in [1.29, 1.82) is 0 Å². The van der Waals surface area contributed by atoms with Crippen LogP contribution in [0, 0.1) is 17.8 Å². The third kappa shape index (κ3) is 5.54. The molecule has 4 aliphatic rings. The number of rotatable bonds is 1. The molecule has 2 heterocycles. The topological polar surface area (TPSA) is 111 Å². The fourth-order valence-corrected chi connectivity index (χ4v) is 7.82. The van der Waals surface area contributed by atoms with Gasteiger partial charge < -0.3 is 29.9 Å². The summed E-state index contributed by atoms with van der Waals surface area (Å²) in [6.45, 7) is 4.04. The van der Waals surface area contributed by atoms with Crippen LogP contribution in [0.15, 0.2) is 48.6 Å². The molecule has 2 bridgehead atoms. The fourth-order valence-electron chi connectivity index (χ4n) is 7.62. The lowest BCUT2D eigenvalue weighted by Gasteiger charge is -2.45. The smallest absolute Gasteiger partial charge is 0.340 e. The highest BCUT2D eigenvalue weighted by Crippen LogP contribution is 2.47. The zero-order chi connectivity index (χ0) is 30.5. The molecule has 6 atom stereocenters. The van der Waals surface area contributed by atoms with Crippen molar-refractivity contribution >= 4 is 29.2 Å². The van der Waals surface area contributed by atoms with Gasteiger partial charge in [0.15, 0.2) is 5.60 Å². The Balaban J connectivity index is 1.46. The lowest BCUT2D eigenvalue weighted by atomic mass is 9.68. The number of aliphatic carboxylic acids is 1. The number of amides is 1. The molecule has 6 rings (SSSR count). The van der Waals surface area contributed by atoms with Gasteiger partial charge in [-0.15, -0.1) is 0 Å². The molecular formula is C34H41ClN2O6. The molecule has 2 aliphatic carbocycles. The zero-order valence-electron chi connectivity index (χ0n) is 24.8. The van der Waals surface area contributed by atoms with Crippen LogP contribution in [0.4, 0.5) is 5.69 Å². The molecule has 1 amide bonds. The van der Waals surface area contributed by atoms with E-state index in [0.717, 1.165) is 32.1 Å². The molecule has 1 saturated carbocycles. The number of nitrogens with zero attached hydrogens (tertiary/aromatic N) is 2. The normalized spacial score (nSPS) is 33.5. The molecule has 0 radical (unpaired) electrons. The summed E-state index contributed by atoms with van der Waals surface area (Å²) in [5, 5.41) is 33.7. The van der Waals surface area contributed by atoms with E-state index < -0.39 is 30.0 Å². The zero-order valence-corrected chi connectivity index (χ0v) is 25.6. The molecule has 2 aliphatic heterocycles. The van der Waals surface area contributed by atoms with E-state index in [1.807, 2.05) is 25.1 Å². The number of ether oxygens (including phenoxy) is 1. The summed E-state index contributed by atoms with van der Waals surface area (Å²) in [5.74, 6) is -1.07. The SMILES string of the molecule is C[C@@H]1/C=C/[C@H](O)[C@@H]2CC[C@H]2CN2C[C@@]3(CCCc4cc(Cl)ccc43)COc3ccc(cc32)[C@](O)(C(=O)O)CC(=O)N(C)C1. The van der Waals surface area contributed by atoms with Gasteiger partial charge in [-0.05, 0) is 90.8 Å². The molecule has 1 spiro atoms. The summed E-state index contributed by atoms with van der Waals surface area (Å²) in [6.07, 6.45) is 7.36. The lowest BCUT2D eigenvalue weighted by molar-refractivity contribution is -0.164. The van der Waals surface area contributed by atoms with Crippen molar-refractivity contribution < 1.29 is 29.6 Å². The van der Waals surface area contributed by atoms with Gasteiger partial charge >= 0.3 is 5.97 Å². The minimum atomic E-state index is -2.41.